The van der Waals surface area contributed by atoms with E-state index in [0.29, 0.717) is 18.3 Å². The number of nitrogens with one attached hydrogen (secondary N) is 2. The molecule has 5 heteroatoms. The van der Waals surface area contributed by atoms with Crippen LogP contribution < -0.4 is 5.32 Å². The largest absolute Gasteiger partial charge is 0.295 e. The Kier molecular flexibility index (Phi) is 4.66. The molecule has 0 saturated heterocycles. The van der Waals surface area contributed by atoms with Crippen molar-refractivity contribution < 1.29 is 4.79 Å². The number of carbonyl (C=O) groups is 1. The number of aromatic nitrogens is 3. The van der Waals surface area contributed by atoms with Gasteiger partial charge in [0.2, 0.25) is 11.9 Å². The summed E-state index contributed by atoms with van der Waals surface area (Å²) in [5.74, 6) is 0.709. The fourth-order valence-electron chi connectivity index (χ4n) is 1.93. The van der Waals surface area contributed by atoms with Crippen LogP contribution in [0, 0.1) is 5.92 Å². The van der Waals surface area contributed by atoms with Crippen molar-refractivity contribution in [2.24, 2.45) is 5.92 Å². The maximum absolute atomic E-state index is 11.7. The minimum atomic E-state index is -0.0303. The van der Waals surface area contributed by atoms with E-state index in [1.807, 2.05) is 18.2 Å². The van der Waals surface area contributed by atoms with Crippen molar-refractivity contribution in [2.45, 2.75) is 26.2 Å². The molecule has 0 aliphatic carbocycles. The molecule has 1 aromatic heterocycles. The van der Waals surface area contributed by atoms with Crippen LogP contribution in [0.25, 0.3) is 0 Å². The average molecular weight is 258 g/mol. The van der Waals surface area contributed by atoms with Gasteiger partial charge in [-0.1, -0.05) is 37.3 Å². The van der Waals surface area contributed by atoms with Crippen molar-refractivity contribution in [3.05, 3.63) is 42.2 Å². The standard InChI is InChI=1S/C14H18N4O/c1-11(7-8-12-5-3-2-4-6-12)9-13(19)17-14-15-10-16-18-14/h2-6,10-11H,7-9H2,1H3,(H2,15,16,17,18,19)/t11-/m1/s1. The van der Waals surface area contributed by atoms with Gasteiger partial charge in [0, 0.05) is 6.42 Å². The Morgan fingerprint density at radius 2 is 2.16 bits per heavy atom. The minimum Gasteiger partial charge on any atom is -0.295 e. The number of aryl methyl sites for hydroxylation is 1. The number of anilines is 1. The molecule has 0 aliphatic rings. The van der Waals surface area contributed by atoms with Gasteiger partial charge >= 0.3 is 0 Å². The van der Waals surface area contributed by atoms with Crippen molar-refractivity contribution in [1.82, 2.24) is 15.2 Å². The highest BCUT2D eigenvalue weighted by Gasteiger charge is 2.10. The fraction of sp³-hybridized carbons (Fsp3) is 0.357. The fourth-order valence-corrected chi connectivity index (χ4v) is 1.93. The molecule has 0 spiro atoms. The van der Waals surface area contributed by atoms with E-state index in [2.05, 4.69) is 39.6 Å². The number of rotatable bonds is 6. The van der Waals surface area contributed by atoms with Gasteiger partial charge in [-0.15, -0.1) is 0 Å². The Morgan fingerprint density at radius 3 is 2.84 bits per heavy atom. The van der Waals surface area contributed by atoms with Crippen molar-refractivity contribution in [3.63, 3.8) is 0 Å². The van der Waals surface area contributed by atoms with Gasteiger partial charge in [0.15, 0.2) is 0 Å². The molecule has 0 aliphatic heterocycles. The Labute approximate surface area is 112 Å². The second kappa shape index (κ2) is 6.68. The third kappa shape index (κ3) is 4.54. The molecule has 1 heterocycles. The number of carbonyl (C=O) groups excluding carboxylic acids is 1. The normalized spacial score (nSPS) is 12.1. The Balaban J connectivity index is 1.72. The zero-order valence-electron chi connectivity index (χ0n) is 11.0. The summed E-state index contributed by atoms with van der Waals surface area (Å²) in [6, 6.07) is 10.3. The number of nitrogens with zero attached hydrogens (tertiary/aromatic N) is 2. The van der Waals surface area contributed by atoms with Crippen LogP contribution in [0.3, 0.4) is 0 Å². The van der Waals surface area contributed by atoms with Crippen LogP contribution in [-0.2, 0) is 11.2 Å². The van der Waals surface area contributed by atoms with E-state index in [9.17, 15) is 4.79 Å². The zero-order valence-corrected chi connectivity index (χ0v) is 11.0. The first kappa shape index (κ1) is 13.3. The summed E-state index contributed by atoms with van der Waals surface area (Å²) >= 11 is 0. The molecule has 5 nitrogen and oxygen atoms in total. The van der Waals surface area contributed by atoms with E-state index in [4.69, 9.17) is 0 Å². The Morgan fingerprint density at radius 1 is 1.37 bits per heavy atom. The topological polar surface area (TPSA) is 70.7 Å². The van der Waals surface area contributed by atoms with Crippen LogP contribution in [0.2, 0.25) is 0 Å². The summed E-state index contributed by atoms with van der Waals surface area (Å²) in [6.45, 7) is 2.09. The van der Waals surface area contributed by atoms with Gasteiger partial charge in [-0.05, 0) is 24.3 Å². The first-order valence-corrected chi connectivity index (χ1v) is 6.43. The maximum atomic E-state index is 11.7. The van der Waals surface area contributed by atoms with Gasteiger partial charge in [-0.25, -0.2) is 5.10 Å². The average Bonchev–Trinajstić information content (AvgIpc) is 2.90. The van der Waals surface area contributed by atoms with Crippen LogP contribution in [0.1, 0.15) is 25.3 Å². The van der Waals surface area contributed by atoms with E-state index in [1.54, 1.807) is 0 Å². The van der Waals surface area contributed by atoms with Crippen molar-refractivity contribution in [1.29, 1.82) is 0 Å². The lowest BCUT2D eigenvalue weighted by Gasteiger charge is -2.10. The molecule has 2 rings (SSSR count). The number of hydrogen-bond donors (Lipinski definition) is 2. The highest BCUT2D eigenvalue weighted by atomic mass is 16.1. The van der Waals surface area contributed by atoms with E-state index in [0.717, 1.165) is 12.8 Å². The SMILES string of the molecule is C[C@H](CCc1ccccc1)CC(=O)Nc1ncn[nH]1. The second-order valence-electron chi connectivity index (χ2n) is 4.72. The summed E-state index contributed by atoms with van der Waals surface area (Å²) in [5, 5.41) is 8.97. The highest BCUT2D eigenvalue weighted by Crippen LogP contribution is 2.13. The first-order valence-electron chi connectivity index (χ1n) is 6.43. The molecule has 1 amide bonds. The van der Waals surface area contributed by atoms with Gasteiger partial charge in [0.25, 0.3) is 0 Å². The number of aromatic amines is 1. The second-order valence-corrected chi connectivity index (χ2v) is 4.72. The van der Waals surface area contributed by atoms with Crippen molar-refractivity contribution in [3.8, 4) is 0 Å². The van der Waals surface area contributed by atoms with Gasteiger partial charge in [0.1, 0.15) is 6.33 Å². The van der Waals surface area contributed by atoms with E-state index >= 15 is 0 Å². The summed E-state index contributed by atoms with van der Waals surface area (Å²) in [4.78, 5) is 15.6. The van der Waals surface area contributed by atoms with E-state index in [1.165, 1.54) is 11.9 Å². The molecule has 2 N–H and O–H groups in total. The maximum Gasteiger partial charge on any atom is 0.226 e. The van der Waals surface area contributed by atoms with Crippen molar-refractivity contribution >= 4 is 11.9 Å². The Hall–Kier alpha value is -2.17. The lowest BCUT2D eigenvalue weighted by atomic mass is 9.98. The minimum absolute atomic E-state index is 0.0303. The molecule has 1 atom stereocenters. The third-order valence-electron chi connectivity index (χ3n) is 2.98. The van der Waals surface area contributed by atoms with Crippen LogP contribution in [0.15, 0.2) is 36.7 Å². The number of H-pyrrole nitrogens is 1. The third-order valence-corrected chi connectivity index (χ3v) is 2.98. The first-order chi connectivity index (χ1) is 9.24. The summed E-state index contributed by atoms with van der Waals surface area (Å²) < 4.78 is 0. The molecule has 0 bridgehead atoms. The molecule has 0 fully saturated rings. The predicted molar refractivity (Wildman–Crippen MR) is 73.6 cm³/mol. The molecule has 19 heavy (non-hydrogen) atoms. The van der Waals surface area contributed by atoms with Crippen LogP contribution in [0.5, 0.6) is 0 Å². The molecular weight excluding hydrogens is 240 g/mol. The van der Waals surface area contributed by atoms with Gasteiger partial charge < -0.3 is 0 Å². The molecule has 0 unspecified atom stereocenters. The molecular formula is C14H18N4O. The Bertz CT molecular complexity index is 495. The molecule has 0 radical (unpaired) electrons. The molecule has 0 saturated carbocycles. The number of benzene rings is 1. The van der Waals surface area contributed by atoms with E-state index < -0.39 is 0 Å². The highest BCUT2D eigenvalue weighted by molar-refractivity contribution is 5.88. The summed E-state index contributed by atoms with van der Waals surface area (Å²) in [7, 11) is 0. The summed E-state index contributed by atoms with van der Waals surface area (Å²) in [6.07, 6.45) is 3.85. The number of amides is 1. The van der Waals surface area contributed by atoms with Crippen molar-refractivity contribution in [2.75, 3.05) is 5.32 Å². The molecule has 100 valence electrons. The monoisotopic (exact) mass is 258 g/mol. The van der Waals surface area contributed by atoms with Crippen LogP contribution in [0.4, 0.5) is 5.95 Å². The zero-order chi connectivity index (χ0) is 13.5. The quantitative estimate of drug-likeness (QED) is 0.835. The summed E-state index contributed by atoms with van der Waals surface area (Å²) in [5.41, 5.74) is 1.31. The van der Waals surface area contributed by atoms with Crippen LogP contribution >= 0.6 is 0 Å². The molecule has 1 aromatic carbocycles. The van der Waals surface area contributed by atoms with Crippen LogP contribution in [-0.4, -0.2) is 21.1 Å². The molecule has 2 aromatic rings. The van der Waals surface area contributed by atoms with Gasteiger partial charge in [0.05, 0.1) is 0 Å². The smallest absolute Gasteiger partial charge is 0.226 e. The lowest BCUT2D eigenvalue weighted by molar-refractivity contribution is -0.117. The number of hydrogen-bond acceptors (Lipinski definition) is 3. The predicted octanol–water partition coefficient (Wildman–Crippen LogP) is 2.40. The van der Waals surface area contributed by atoms with Gasteiger partial charge in [-0.2, -0.15) is 10.1 Å². The van der Waals surface area contributed by atoms with E-state index in [-0.39, 0.29) is 5.91 Å². The lowest BCUT2D eigenvalue weighted by Crippen LogP contribution is -2.16. The van der Waals surface area contributed by atoms with Gasteiger partial charge in [-0.3, -0.25) is 10.1 Å².